The molecule has 1 aliphatic rings. The lowest BCUT2D eigenvalue weighted by Gasteiger charge is -2.21. The van der Waals surface area contributed by atoms with Crippen LogP contribution in [0.25, 0.3) is 27.5 Å². The Morgan fingerprint density at radius 2 is 1.00 bits per heavy atom. The van der Waals surface area contributed by atoms with Gasteiger partial charge in [0.15, 0.2) is 11.6 Å². The molecule has 6 rings (SSSR count). The average molecular weight is 373 g/mol. The number of rotatable bonds is 1. The molecule has 29 heavy (non-hydrogen) atoms. The first-order valence-corrected chi connectivity index (χ1v) is 9.56. The van der Waals surface area contributed by atoms with Crippen LogP contribution < -0.4 is 0 Å². The van der Waals surface area contributed by atoms with E-state index in [0.29, 0.717) is 22.3 Å². The predicted molar refractivity (Wildman–Crippen MR) is 114 cm³/mol. The van der Waals surface area contributed by atoms with Crippen LogP contribution in [0.5, 0.6) is 0 Å². The third kappa shape index (κ3) is 2.07. The number of hydrogen-bond acceptors (Lipinski definition) is 2. The van der Waals surface area contributed by atoms with Crippen molar-refractivity contribution in [2.45, 2.75) is 0 Å². The Bertz CT molecular complexity index is 1440. The summed E-state index contributed by atoms with van der Waals surface area (Å²) in [5, 5.41) is 2.24. The van der Waals surface area contributed by atoms with E-state index in [2.05, 4.69) is 28.8 Å². The molecule has 0 spiro atoms. The van der Waals surface area contributed by atoms with Gasteiger partial charge < -0.3 is 4.57 Å². The topological polar surface area (TPSA) is 39.1 Å². The van der Waals surface area contributed by atoms with Crippen LogP contribution in [0.4, 0.5) is 0 Å². The molecular weight excluding hydrogens is 358 g/mol. The zero-order valence-electron chi connectivity index (χ0n) is 15.4. The zero-order valence-corrected chi connectivity index (χ0v) is 15.4. The van der Waals surface area contributed by atoms with Crippen molar-refractivity contribution in [2.75, 3.05) is 0 Å². The van der Waals surface area contributed by atoms with Crippen LogP contribution in [-0.4, -0.2) is 16.1 Å². The van der Waals surface area contributed by atoms with E-state index >= 15 is 0 Å². The van der Waals surface area contributed by atoms with Gasteiger partial charge in [-0.2, -0.15) is 0 Å². The normalized spacial score (nSPS) is 13.0. The molecule has 0 aliphatic heterocycles. The molecule has 1 aliphatic carbocycles. The number of hydrogen-bond donors (Lipinski definition) is 0. The summed E-state index contributed by atoms with van der Waals surface area (Å²) in [6.07, 6.45) is 0. The van der Waals surface area contributed by atoms with Crippen LogP contribution in [0.15, 0.2) is 91.0 Å². The quantitative estimate of drug-likeness (QED) is 0.378. The van der Waals surface area contributed by atoms with Crippen molar-refractivity contribution >= 4 is 33.4 Å². The zero-order chi connectivity index (χ0) is 19.5. The molecule has 0 amide bonds. The first-order chi connectivity index (χ1) is 14.3. The minimum absolute atomic E-state index is 0.0992. The van der Waals surface area contributed by atoms with Crippen molar-refractivity contribution in [1.29, 1.82) is 0 Å². The van der Waals surface area contributed by atoms with Crippen molar-refractivity contribution in [3.63, 3.8) is 0 Å². The van der Waals surface area contributed by atoms with Crippen LogP contribution in [-0.2, 0) is 0 Å². The number of carbonyl (C=O) groups is 2. The number of ketones is 2. The minimum atomic E-state index is -0.104. The SMILES string of the molecule is O=C1c2ccccc2C(=O)c2c1cccc2-n1c2ccccc2c2ccccc21. The predicted octanol–water partition coefficient (Wildman–Crippen LogP) is 5.56. The second kappa shape index (κ2) is 5.76. The second-order valence-electron chi connectivity index (χ2n) is 7.27. The Labute approximate surface area is 166 Å². The van der Waals surface area contributed by atoms with Gasteiger partial charge in [-0.1, -0.05) is 72.8 Å². The molecule has 3 nitrogen and oxygen atoms in total. The number of aromatic nitrogens is 1. The van der Waals surface area contributed by atoms with Crippen LogP contribution in [0, 0.1) is 0 Å². The van der Waals surface area contributed by atoms with E-state index in [0.717, 1.165) is 27.5 Å². The molecule has 1 heterocycles. The fourth-order valence-electron chi connectivity index (χ4n) is 4.50. The second-order valence-corrected chi connectivity index (χ2v) is 7.27. The lowest BCUT2D eigenvalue weighted by Crippen LogP contribution is -2.22. The maximum Gasteiger partial charge on any atom is 0.196 e. The minimum Gasteiger partial charge on any atom is -0.308 e. The third-order valence-corrected chi connectivity index (χ3v) is 5.75. The van der Waals surface area contributed by atoms with E-state index in [1.165, 1.54) is 0 Å². The van der Waals surface area contributed by atoms with Crippen molar-refractivity contribution in [3.05, 3.63) is 113 Å². The van der Waals surface area contributed by atoms with E-state index in [1.807, 2.05) is 36.4 Å². The molecule has 0 unspecified atom stereocenters. The molecule has 0 radical (unpaired) electrons. The summed E-state index contributed by atoms with van der Waals surface area (Å²) in [7, 11) is 0. The standard InChI is InChI=1S/C26H15NO2/c28-25-18-10-1-2-11-19(18)26(29)24-20(25)12-7-15-23(24)27-21-13-5-3-8-16(21)17-9-4-6-14-22(17)27/h1-15H. The maximum atomic E-state index is 13.5. The Balaban J connectivity index is 1.75. The molecule has 0 bridgehead atoms. The summed E-state index contributed by atoms with van der Waals surface area (Å²) in [5.41, 5.74) is 4.66. The molecule has 5 aromatic rings. The Morgan fingerprint density at radius 3 is 1.66 bits per heavy atom. The smallest absolute Gasteiger partial charge is 0.196 e. The molecule has 4 aromatic carbocycles. The van der Waals surface area contributed by atoms with Gasteiger partial charge in [-0.3, -0.25) is 9.59 Å². The van der Waals surface area contributed by atoms with E-state index in [-0.39, 0.29) is 11.6 Å². The highest BCUT2D eigenvalue weighted by Crippen LogP contribution is 2.36. The molecule has 0 N–H and O–H groups in total. The molecule has 0 saturated carbocycles. The van der Waals surface area contributed by atoms with Crippen molar-refractivity contribution in [3.8, 4) is 5.69 Å². The van der Waals surface area contributed by atoms with Gasteiger partial charge in [0.25, 0.3) is 0 Å². The molecule has 136 valence electrons. The third-order valence-electron chi connectivity index (χ3n) is 5.75. The number of fused-ring (bicyclic) bond motifs is 5. The summed E-state index contributed by atoms with van der Waals surface area (Å²) in [6.45, 7) is 0. The summed E-state index contributed by atoms with van der Waals surface area (Å²) >= 11 is 0. The Hall–Kier alpha value is -3.98. The number of nitrogens with zero attached hydrogens (tertiary/aromatic N) is 1. The highest BCUT2D eigenvalue weighted by atomic mass is 16.1. The molecule has 0 atom stereocenters. The van der Waals surface area contributed by atoms with Gasteiger partial charge in [-0.05, 0) is 18.2 Å². The van der Waals surface area contributed by atoms with Gasteiger partial charge >= 0.3 is 0 Å². The van der Waals surface area contributed by atoms with Crippen LogP contribution in [0.2, 0.25) is 0 Å². The Kier molecular flexibility index (Phi) is 3.18. The fraction of sp³-hybridized carbons (Fsp3) is 0. The lowest BCUT2D eigenvalue weighted by atomic mass is 9.83. The van der Waals surface area contributed by atoms with Crippen molar-refractivity contribution < 1.29 is 9.59 Å². The van der Waals surface area contributed by atoms with Crippen molar-refractivity contribution in [2.24, 2.45) is 0 Å². The van der Waals surface area contributed by atoms with Crippen LogP contribution in [0.3, 0.4) is 0 Å². The summed E-state index contributed by atoms with van der Waals surface area (Å²) in [4.78, 5) is 26.6. The van der Waals surface area contributed by atoms with Gasteiger partial charge in [0.2, 0.25) is 0 Å². The highest BCUT2D eigenvalue weighted by Gasteiger charge is 2.32. The van der Waals surface area contributed by atoms with Crippen LogP contribution >= 0.6 is 0 Å². The first-order valence-electron chi connectivity index (χ1n) is 9.56. The molecule has 1 aromatic heterocycles. The molecule has 3 heteroatoms. The van der Waals surface area contributed by atoms with E-state index in [1.54, 1.807) is 30.3 Å². The lowest BCUT2D eigenvalue weighted by molar-refractivity contribution is 0.0979. The Morgan fingerprint density at radius 1 is 0.483 bits per heavy atom. The van der Waals surface area contributed by atoms with Gasteiger partial charge in [0.05, 0.1) is 22.3 Å². The average Bonchev–Trinajstić information content (AvgIpc) is 3.11. The van der Waals surface area contributed by atoms with E-state index < -0.39 is 0 Å². The molecule has 0 fully saturated rings. The summed E-state index contributed by atoms with van der Waals surface area (Å²) < 4.78 is 2.10. The molecule has 0 saturated heterocycles. The van der Waals surface area contributed by atoms with Crippen LogP contribution in [0.1, 0.15) is 31.8 Å². The van der Waals surface area contributed by atoms with E-state index in [9.17, 15) is 9.59 Å². The van der Waals surface area contributed by atoms with Gasteiger partial charge in [0, 0.05) is 27.5 Å². The summed E-state index contributed by atoms with van der Waals surface area (Å²) in [5.74, 6) is -0.203. The maximum absolute atomic E-state index is 13.5. The monoisotopic (exact) mass is 373 g/mol. The molecular formula is C26H15NO2. The van der Waals surface area contributed by atoms with Gasteiger partial charge in [-0.15, -0.1) is 0 Å². The largest absolute Gasteiger partial charge is 0.308 e. The van der Waals surface area contributed by atoms with Gasteiger partial charge in [-0.25, -0.2) is 0 Å². The summed E-state index contributed by atoms with van der Waals surface area (Å²) in [6, 6.07) is 28.9. The fourth-order valence-corrected chi connectivity index (χ4v) is 4.50. The number of carbonyl (C=O) groups excluding carboxylic acids is 2. The number of benzene rings is 4. The van der Waals surface area contributed by atoms with E-state index in [4.69, 9.17) is 0 Å². The highest BCUT2D eigenvalue weighted by molar-refractivity contribution is 6.30. The first kappa shape index (κ1) is 16.0. The van der Waals surface area contributed by atoms with Gasteiger partial charge in [0.1, 0.15) is 0 Å². The van der Waals surface area contributed by atoms with Crippen molar-refractivity contribution in [1.82, 2.24) is 4.57 Å². The number of para-hydroxylation sites is 2.